The lowest BCUT2D eigenvalue weighted by molar-refractivity contribution is 0.0807. The van der Waals surface area contributed by atoms with Crippen LogP contribution in [0.1, 0.15) is 95.4 Å². The molecule has 0 saturated carbocycles. The Bertz CT molecular complexity index is 403. The third kappa shape index (κ3) is 15.4. The SMILES string of the molecule is CC(CN(CC(C)(C)CC(C)(C)N)CC(C)(C)CC(C)(C)N)CC(C)(C)N. The van der Waals surface area contributed by atoms with Gasteiger partial charge in [-0.3, -0.25) is 0 Å². The van der Waals surface area contributed by atoms with Crippen LogP contribution in [0.15, 0.2) is 0 Å². The van der Waals surface area contributed by atoms with E-state index in [2.05, 4.69) is 81.1 Å². The van der Waals surface area contributed by atoms with Crippen LogP contribution in [0.25, 0.3) is 0 Å². The van der Waals surface area contributed by atoms with Gasteiger partial charge in [0.05, 0.1) is 0 Å². The molecular formula is C23H52N4. The van der Waals surface area contributed by atoms with Crippen LogP contribution in [-0.2, 0) is 0 Å². The Morgan fingerprint density at radius 1 is 0.630 bits per heavy atom. The second kappa shape index (κ2) is 9.11. The summed E-state index contributed by atoms with van der Waals surface area (Å²) >= 11 is 0. The van der Waals surface area contributed by atoms with Crippen molar-refractivity contribution < 1.29 is 0 Å². The summed E-state index contributed by atoms with van der Waals surface area (Å²) in [5, 5.41) is 0. The van der Waals surface area contributed by atoms with Crippen molar-refractivity contribution in [2.24, 2.45) is 33.9 Å². The summed E-state index contributed by atoms with van der Waals surface area (Å²) in [6, 6.07) is 0. The topological polar surface area (TPSA) is 81.3 Å². The highest BCUT2D eigenvalue weighted by atomic mass is 15.1. The Kier molecular flexibility index (Phi) is 9.05. The second-order valence-corrected chi connectivity index (χ2v) is 13.1. The normalized spacial score (nSPS) is 16.1. The lowest BCUT2D eigenvalue weighted by Crippen LogP contribution is -2.48. The van der Waals surface area contributed by atoms with Gasteiger partial charge in [-0.1, -0.05) is 34.6 Å². The summed E-state index contributed by atoms with van der Waals surface area (Å²) in [5.41, 5.74) is 18.8. The highest BCUT2D eigenvalue weighted by molar-refractivity contribution is 4.89. The molecule has 0 spiro atoms. The van der Waals surface area contributed by atoms with Crippen molar-refractivity contribution in [3.8, 4) is 0 Å². The summed E-state index contributed by atoms with van der Waals surface area (Å²) in [6.07, 6.45) is 3.02. The number of hydrogen-bond acceptors (Lipinski definition) is 4. The molecule has 0 amide bonds. The molecule has 0 radical (unpaired) electrons. The zero-order valence-electron chi connectivity index (χ0n) is 20.5. The number of rotatable bonds is 12. The van der Waals surface area contributed by atoms with Gasteiger partial charge >= 0.3 is 0 Å². The molecule has 4 nitrogen and oxygen atoms in total. The third-order valence-electron chi connectivity index (χ3n) is 4.62. The Labute approximate surface area is 171 Å². The molecule has 27 heavy (non-hydrogen) atoms. The maximum atomic E-state index is 6.34. The van der Waals surface area contributed by atoms with Gasteiger partial charge in [0, 0.05) is 36.3 Å². The smallest absolute Gasteiger partial charge is 0.0103 e. The van der Waals surface area contributed by atoms with Gasteiger partial charge < -0.3 is 22.1 Å². The van der Waals surface area contributed by atoms with Crippen LogP contribution in [0.3, 0.4) is 0 Å². The van der Waals surface area contributed by atoms with Crippen LogP contribution >= 0.6 is 0 Å². The van der Waals surface area contributed by atoms with Crippen LogP contribution in [0.5, 0.6) is 0 Å². The monoisotopic (exact) mass is 384 g/mol. The molecule has 4 heteroatoms. The van der Waals surface area contributed by atoms with Gasteiger partial charge in [-0.25, -0.2) is 0 Å². The highest BCUT2D eigenvalue weighted by Gasteiger charge is 2.33. The number of nitrogens with zero attached hydrogens (tertiary/aromatic N) is 1. The number of nitrogens with two attached hydrogens (primary N) is 3. The fraction of sp³-hybridized carbons (Fsp3) is 1.00. The molecule has 0 fully saturated rings. The molecule has 1 atom stereocenters. The van der Waals surface area contributed by atoms with Crippen LogP contribution in [0.4, 0.5) is 0 Å². The lowest BCUT2D eigenvalue weighted by Gasteiger charge is -2.42. The third-order valence-corrected chi connectivity index (χ3v) is 4.62. The van der Waals surface area contributed by atoms with E-state index in [9.17, 15) is 0 Å². The maximum absolute atomic E-state index is 6.34. The standard InChI is InChI=1S/C23H52N4/c1-18(12-21(6,7)24)13-27(16-19(2,3)14-22(8,9)25)17-20(4,5)15-23(10,11)26/h18H,12-17,24-26H2,1-11H3. The summed E-state index contributed by atoms with van der Waals surface area (Å²) in [7, 11) is 0. The first-order valence-corrected chi connectivity index (χ1v) is 10.7. The number of hydrogen-bond donors (Lipinski definition) is 3. The molecule has 0 rings (SSSR count). The van der Waals surface area contributed by atoms with E-state index in [1.165, 1.54) is 0 Å². The highest BCUT2D eigenvalue weighted by Crippen LogP contribution is 2.32. The first kappa shape index (κ1) is 26.8. The molecule has 6 N–H and O–H groups in total. The maximum Gasteiger partial charge on any atom is 0.0103 e. The molecular weight excluding hydrogens is 332 g/mol. The first-order chi connectivity index (χ1) is 11.6. The fourth-order valence-corrected chi connectivity index (χ4v) is 5.38. The molecule has 0 saturated heterocycles. The molecule has 0 heterocycles. The van der Waals surface area contributed by atoms with Crippen molar-refractivity contribution >= 4 is 0 Å². The summed E-state index contributed by atoms with van der Waals surface area (Å²) in [5.74, 6) is 0.549. The summed E-state index contributed by atoms with van der Waals surface area (Å²) in [4.78, 5) is 2.63. The van der Waals surface area contributed by atoms with E-state index in [0.717, 1.165) is 38.9 Å². The molecule has 1 unspecified atom stereocenters. The van der Waals surface area contributed by atoms with Crippen LogP contribution < -0.4 is 17.2 Å². The minimum Gasteiger partial charge on any atom is -0.326 e. The van der Waals surface area contributed by atoms with Crippen LogP contribution in [-0.4, -0.2) is 41.2 Å². The van der Waals surface area contributed by atoms with Gasteiger partial charge in [-0.05, 0) is 77.6 Å². The van der Waals surface area contributed by atoms with Gasteiger partial charge in [0.15, 0.2) is 0 Å². The molecule has 164 valence electrons. The minimum atomic E-state index is -0.158. The summed E-state index contributed by atoms with van der Waals surface area (Å²) in [6.45, 7) is 27.6. The van der Waals surface area contributed by atoms with Crippen molar-refractivity contribution in [3.05, 3.63) is 0 Å². The van der Waals surface area contributed by atoms with Gasteiger partial charge in [0.1, 0.15) is 0 Å². The molecule has 0 aliphatic heterocycles. The summed E-state index contributed by atoms with van der Waals surface area (Å²) < 4.78 is 0. The van der Waals surface area contributed by atoms with Crippen molar-refractivity contribution in [2.45, 2.75) is 112 Å². The fourth-order valence-electron chi connectivity index (χ4n) is 5.38. The van der Waals surface area contributed by atoms with Crippen molar-refractivity contribution in [1.29, 1.82) is 0 Å². The van der Waals surface area contributed by atoms with E-state index < -0.39 is 0 Å². The van der Waals surface area contributed by atoms with Gasteiger partial charge in [-0.15, -0.1) is 0 Å². The van der Waals surface area contributed by atoms with Crippen molar-refractivity contribution in [1.82, 2.24) is 4.90 Å². The minimum absolute atomic E-state index is 0.130. The van der Waals surface area contributed by atoms with Gasteiger partial charge in [0.25, 0.3) is 0 Å². The molecule has 0 aromatic heterocycles. The molecule has 0 bridgehead atoms. The van der Waals surface area contributed by atoms with E-state index in [-0.39, 0.29) is 27.4 Å². The Morgan fingerprint density at radius 3 is 1.22 bits per heavy atom. The molecule has 0 aliphatic carbocycles. The van der Waals surface area contributed by atoms with Crippen molar-refractivity contribution in [3.63, 3.8) is 0 Å². The van der Waals surface area contributed by atoms with E-state index in [1.807, 2.05) is 0 Å². The van der Waals surface area contributed by atoms with Gasteiger partial charge in [-0.2, -0.15) is 0 Å². The molecule has 0 aliphatic rings. The van der Waals surface area contributed by atoms with E-state index >= 15 is 0 Å². The largest absolute Gasteiger partial charge is 0.326 e. The average molecular weight is 385 g/mol. The quantitative estimate of drug-likeness (QED) is 0.467. The predicted molar refractivity (Wildman–Crippen MR) is 122 cm³/mol. The van der Waals surface area contributed by atoms with E-state index in [1.54, 1.807) is 0 Å². The van der Waals surface area contributed by atoms with E-state index in [0.29, 0.717) is 5.92 Å². The Morgan fingerprint density at radius 2 is 0.963 bits per heavy atom. The molecule has 0 aromatic carbocycles. The second-order valence-electron chi connectivity index (χ2n) is 13.1. The predicted octanol–water partition coefficient (Wildman–Crippen LogP) is 4.36. The van der Waals surface area contributed by atoms with Gasteiger partial charge in [0.2, 0.25) is 0 Å². The Balaban J connectivity index is 5.31. The zero-order valence-corrected chi connectivity index (χ0v) is 20.5. The zero-order chi connectivity index (χ0) is 21.9. The Hall–Kier alpha value is -0.160. The van der Waals surface area contributed by atoms with E-state index in [4.69, 9.17) is 17.2 Å². The molecule has 0 aromatic rings. The van der Waals surface area contributed by atoms with Crippen molar-refractivity contribution in [2.75, 3.05) is 19.6 Å². The first-order valence-electron chi connectivity index (χ1n) is 10.7. The lowest BCUT2D eigenvalue weighted by atomic mass is 9.77. The average Bonchev–Trinajstić information content (AvgIpc) is 2.14. The van der Waals surface area contributed by atoms with Crippen LogP contribution in [0.2, 0.25) is 0 Å². The van der Waals surface area contributed by atoms with Crippen LogP contribution in [0, 0.1) is 16.7 Å².